The summed E-state index contributed by atoms with van der Waals surface area (Å²) in [6.45, 7) is 3.09. The molecule has 3 aromatic rings. The summed E-state index contributed by atoms with van der Waals surface area (Å²) in [5.41, 5.74) is 1.95. The van der Waals surface area contributed by atoms with Gasteiger partial charge in [-0.2, -0.15) is 9.57 Å². The van der Waals surface area contributed by atoms with Crippen LogP contribution in [-0.4, -0.2) is 40.5 Å². The van der Waals surface area contributed by atoms with E-state index in [4.69, 9.17) is 0 Å². The first kappa shape index (κ1) is 21.1. The van der Waals surface area contributed by atoms with Crippen molar-refractivity contribution in [3.63, 3.8) is 0 Å². The van der Waals surface area contributed by atoms with Gasteiger partial charge in [0.15, 0.2) is 5.82 Å². The summed E-state index contributed by atoms with van der Waals surface area (Å²) in [6, 6.07) is 15.5. The molecule has 0 bridgehead atoms. The second-order valence-corrected chi connectivity index (χ2v) is 9.89. The fraction of sp³-hybridized carbons (Fsp3) is 0.304. The molecular weight excluding hydrogens is 412 g/mol. The molecule has 0 saturated carbocycles. The molecule has 1 aliphatic heterocycles. The van der Waals surface area contributed by atoms with Gasteiger partial charge in [-0.3, -0.25) is 0 Å². The normalized spacial score (nSPS) is 18.5. The minimum atomic E-state index is -3.59. The molecule has 1 aliphatic rings. The summed E-state index contributed by atoms with van der Waals surface area (Å²) in [5, 5.41) is 20.5. The van der Waals surface area contributed by atoms with E-state index >= 15 is 0 Å². The van der Waals surface area contributed by atoms with E-state index < -0.39 is 10.0 Å². The Hall–Kier alpha value is -3.15. The van der Waals surface area contributed by atoms with E-state index in [0.29, 0.717) is 30.4 Å². The molecule has 31 heavy (non-hydrogen) atoms. The number of piperidine rings is 1. The number of hydrogen-bond acceptors (Lipinski definition) is 5. The van der Waals surface area contributed by atoms with Gasteiger partial charge in [-0.25, -0.2) is 13.4 Å². The van der Waals surface area contributed by atoms with Crippen LogP contribution in [0.15, 0.2) is 53.4 Å². The third-order valence-corrected chi connectivity index (χ3v) is 7.62. The van der Waals surface area contributed by atoms with Gasteiger partial charge in [0.05, 0.1) is 15.9 Å². The van der Waals surface area contributed by atoms with E-state index in [1.807, 2.05) is 30.3 Å². The van der Waals surface area contributed by atoms with Crippen LogP contribution in [0.4, 0.5) is 0 Å². The van der Waals surface area contributed by atoms with Gasteiger partial charge in [0.25, 0.3) is 0 Å². The van der Waals surface area contributed by atoms with Crippen LogP contribution in [0.3, 0.4) is 0 Å². The van der Waals surface area contributed by atoms with Crippen molar-refractivity contribution in [1.82, 2.24) is 13.9 Å². The summed E-state index contributed by atoms with van der Waals surface area (Å²) in [7, 11) is -1.80. The molecule has 160 valence electrons. The van der Waals surface area contributed by atoms with Crippen LogP contribution >= 0.6 is 0 Å². The number of aromatic nitrogens is 2. The molecule has 0 radical (unpaired) electrons. The van der Waals surface area contributed by atoms with E-state index in [2.05, 4.69) is 11.9 Å². The summed E-state index contributed by atoms with van der Waals surface area (Å²) in [4.78, 5) is 4.66. The molecule has 2 aromatic carbocycles. The number of imidazole rings is 1. The predicted octanol–water partition coefficient (Wildman–Crippen LogP) is 3.94. The Kier molecular flexibility index (Phi) is 5.56. The van der Waals surface area contributed by atoms with E-state index in [1.54, 1.807) is 11.6 Å². The van der Waals surface area contributed by atoms with Gasteiger partial charge in [-0.15, -0.1) is 0 Å². The zero-order valence-corrected chi connectivity index (χ0v) is 18.3. The third kappa shape index (κ3) is 3.82. The highest BCUT2D eigenvalue weighted by atomic mass is 32.2. The van der Waals surface area contributed by atoms with Gasteiger partial charge in [0.2, 0.25) is 10.0 Å². The standard InChI is InChI=1S/C23H24N4O3S/c1-16-6-5-13-27(15-16)31(29,30)18-11-9-17(10-12-18)22(28)19(14-24)23-25-20-7-3-4-8-21(20)26(23)2/h3-4,7-12,16,28H,5-6,13,15H2,1-2H3. The minimum Gasteiger partial charge on any atom is -0.506 e. The molecule has 1 aromatic heterocycles. The number of benzene rings is 2. The minimum absolute atomic E-state index is 0.0270. The van der Waals surface area contributed by atoms with Crippen LogP contribution < -0.4 is 0 Å². The molecule has 1 fully saturated rings. The maximum absolute atomic E-state index is 13.0. The number of nitriles is 1. The van der Waals surface area contributed by atoms with Crippen LogP contribution in [-0.2, 0) is 17.1 Å². The molecule has 1 unspecified atom stereocenters. The van der Waals surface area contributed by atoms with Crippen LogP contribution in [0.25, 0.3) is 22.4 Å². The highest BCUT2D eigenvalue weighted by Gasteiger charge is 2.28. The lowest BCUT2D eigenvalue weighted by Gasteiger charge is -2.30. The Morgan fingerprint density at radius 1 is 1.19 bits per heavy atom. The molecule has 0 amide bonds. The summed E-state index contributed by atoms with van der Waals surface area (Å²) in [6.07, 6.45) is 1.88. The molecule has 2 heterocycles. The van der Waals surface area contributed by atoms with E-state index in [-0.39, 0.29) is 16.2 Å². The number of allylic oxidation sites excluding steroid dienone is 1. The van der Waals surface area contributed by atoms with Crippen molar-refractivity contribution in [2.45, 2.75) is 24.7 Å². The first-order valence-electron chi connectivity index (χ1n) is 10.2. The molecule has 0 spiro atoms. The van der Waals surface area contributed by atoms with Crippen molar-refractivity contribution >= 4 is 32.4 Å². The van der Waals surface area contributed by atoms with Crippen molar-refractivity contribution < 1.29 is 13.5 Å². The molecular formula is C23H24N4O3S. The second kappa shape index (κ2) is 8.17. The van der Waals surface area contributed by atoms with E-state index in [0.717, 1.165) is 23.9 Å². The van der Waals surface area contributed by atoms with Crippen LogP contribution in [0, 0.1) is 17.2 Å². The number of aliphatic hydroxyl groups is 1. The molecule has 8 heteroatoms. The maximum Gasteiger partial charge on any atom is 0.243 e. The van der Waals surface area contributed by atoms with Gasteiger partial charge in [-0.05, 0) is 55.2 Å². The highest BCUT2D eigenvalue weighted by Crippen LogP contribution is 2.28. The molecule has 0 aliphatic carbocycles. The zero-order chi connectivity index (χ0) is 22.2. The summed E-state index contributed by atoms with van der Waals surface area (Å²) >= 11 is 0. The second-order valence-electron chi connectivity index (χ2n) is 7.95. The topological polar surface area (TPSA) is 99.2 Å². The first-order valence-corrected chi connectivity index (χ1v) is 11.6. The zero-order valence-electron chi connectivity index (χ0n) is 17.5. The SMILES string of the molecule is CC1CCCN(S(=O)(=O)c2ccc(C(O)=C(C#N)c3nc4ccccc4n3C)cc2)C1. The van der Waals surface area contributed by atoms with E-state index in [9.17, 15) is 18.8 Å². The van der Waals surface area contributed by atoms with Gasteiger partial charge in [-0.1, -0.05) is 19.1 Å². The number of para-hydroxylation sites is 2. The largest absolute Gasteiger partial charge is 0.506 e. The Labute approximate surface area is 181 Å². The van der Waals surface area contributed by atoms with Crippen LogP contribution in [0.2, 0.25) is 0 Å². The fourth-order valence-electron chi connectivity index (χ4n) is 4.02. The molecule has 1 atom stereocenters. The number of hydrogen-bond donors (Lipinski definition) is 1. The van der Waals surface area contributed by atoms with Crippen molar-refractivity contribution in [1.29, 1.82) is 5.26 Å². The quantitative estimate of drug-likeness (QED) is 0.493. The molecule has 1 saturated heterocycles. The fourth-order valence-corrected chi connectivity index (χ4v) is 5.62. The van der Waals surface area contributed by atoms with Crippen LogP contribution in [0.5, 0.6) is 0 Å². The number of sulfonamides is 1. The average Bonchev–Trinajstić information content (AvgIpc) is 3.11. The van der Waals surface area contributed by atoms with Gasteiger partial charge in [0.1, 0.15) is 17.4 Å². The monoisotopic (exact) mass is 436 g/mol. The number of nitrogens with zero attached hydrogens (tertiary/aromatic N) is 4. The Balaban J connectivity index is 1.69. The maximum atomic E-state index is 13.0. The smallest absolute Gasteiger partial charge is 0.243 e. The lowest BCUT2D eigenvalue weighted by Crippen LogP contribution is -2.39. The average molecular weight is 437 g/mol. The summed E-state index contributed by atoms with van der Waals surface area (Å²) in [5.74, 6) is 0.443. The van der Waals surface area contributed by atoms with Gasteiger partial charge < -0.3 is 9.67 Å². The first-order chi connectivity index (χ1) is 14.8. The number of rotatable bonds is 4. The Morgan fingerprint density at radius 2 is 1.90 bits per heavy atom. The Bertz CT molecular complexity index is 1300. The van der Waals surface area contributed by atoms with E-state index in [1.165, 1.54) is 28.6 Å². The van der Waals surface area contributed by atoms with Gasteiger partial charge in [0, 0.05) is 25.7 Å². The third-order valence-electron chi connectivity index (χ3n) is 5.74. The number of aliphatic hydroxyl groups excluding tert-OH is 1. The lowest BCUT2D eigenvalue weighted by atomic mass is 10.0. The molecule has 4 rings (SSSR count). The lowest BCUT2D eigenvalue weighted by molar-refractivity contribution is 0.281. The van der Waals surface area contributed by atoms with Gasteiger partial charge >= 0.3 is 0 Å². The highest BCUT2D eigenvalue weighted by molar-refractivity contribution is 7.89. The van der Waals surface area contributed by atoms with Crippen molar-refractivity contribution in [2.24, 2.45) is 13.0 Å². The molecule has 1 N–H and O–H groups in total. The van der Waals surface area contributed by atoms with Crippen molar-refractivity contribution in [3.05, 3.63) is 59.9 Å². The molecule has 7 nitrogen and oxygen atoms in total. The summed E-state index contributed by atoms with van der Waals surface area (Å²) < 4.78 is 29.2. The predicted molar refractivity (Wildman–Crippen MR) is 119 cm³/mol. The van der Waals surface area contributed by atoms with Crippen molar-refractivity contribution in [3.8, 4) is 6.07 Å². The number of fused-ring (bicyclic) bond motifs is 1. The Morgan fingerprint density at radius 3 is 2.55 bits per heavy atom. The number of aryl methyl sites for hydroxylation is 1. The van der Waals surface area contributed by atoms with Crippen molar-refractivity contribution in [2.75, 3.05) is 13.1 Å². The van der Waals surface area contributed by atoms with Crippen LogP contribution in [0.1, 0.15) is 31.2 Å².